The van der Waals surface area contributed by atoms with Gasteiger partial charge in [-0.1, -0.05) is 60.5 Å². The summed E-state index contributed by atoms with van der Waals surface area (Å²) >= 11 is 12.2. The highest BCUT2D eigenvalue weighted by molar-refractivity contribution is 6.42. The molecule has 1 fully saturated rings. The second-order valence-corrected chi connectivity index (χ2v) is 9.44. The van der Waals surface area contributed by atoms with Crippen LogP contribution in [0.3, 0.4) is 0 Å². The standard InChI is InChI=1S/C28H27Cl2N3O4/c1-2-16-37-22-11-8-20(9-12-22)31-26(34)18-25-27(35)33(21-10-13-23(29)24(30)17-21)28(36)32(25)15-14-19-6-4-3-5-7-19/h3-13,17,25H,2,14-16,18H2,1H3,(H,31,34)/t25-/m0/s1. The lowest BCUT2D eigenvalue weighted by Gasteiger charge is -2.21. The van der Waals surface area contributed by atoms with E-state index in [4.69, 9.17) is 27.9 Å². The summed E-state index contributed by atoms with van der Waals surface area (Å²) in [6, 6.07) is 19.8. The Morgan fingerprint density at radius 3 is 2.38 bits per heavy atom. The Hall–Kier alpha value is -3.55. The van der Waals surface area contributed by atoms with Crippen molar-refractivity contribution >= 4 is 52.4 Å². The van der Waals surface area contributed by atoms with Crippen molar-refractivity contribution < 1.29 is 19.1 Å². The number of urea groups is 1. The van der Waals surface area contributed by atoms with Gasteiger partial charge in [0.25, 0.3) is 5.91 Å². The molecule has 1 N–H and O–H groups in total. The van der Waals surface area contributed by atoms with Gasteiger partial charge in [0.1, 0.15) is 11.8 Å². The summed E-state index contributed by atoms with van der Waals surface area (Å²) in [5, 5.41) is 3.35. The molecule has 1 aliphatic rings. The van der Waals surface area contributed by atoms with Crippen LogP contribution in [0.2, 0.25) is 10.0 Å². The number of rotatable bonds is 10. The lowest BCUT2D eigenvalue weighted by Crippen LogP contribution is -2.39. The van der Waals surface area contributed by atoms with Crippen LogP contribution >= 0.6 is 23.2 Å². The van der Waals surface area contributed by atoms with Crippen molar-refractivity contribution in [3.63, 3.8) is 0 Å². The zero-order chi connectivity index (χ0) is 26.4. The Balaban J connectivity index is 1.52. The monoisotopic (exact) mass is 539 g/mol. The quantitative estimate of drug-likeness (QED) is 0.311. The second kappa shape index (κ2) is 12.1. The van der Waals surface area contributed by atoms with Gasteiger partial charge in [-0.3, -0.25) is 9.59 Å². The highest BCUT2D eigenvalue weighted by atomic mass is 35.5. The predicted molar refractivity (Wildman–Crippen MR) is 145 cm³/mol. The lowest BCUT2D eigenvalue weighted by molar-refractivity contribution is -0.124. The van der Waals surface area contributed by atoms with Crippen molar-refractivity contribution in [2.45, 2.75) is 32.2 Å². The van der Waals surface area contributed by atoms with E-state index in [-0.39, 0.29) is 23.9 Å². The first-order valence-electron chi connectivity index (χ1n) is 12.0. The van der Waals surface area contributed by atoms with Gasteiger partial charge in [-0.15, -0.1) is 0 Å². The number of nitrogens with zero attached hydrogens (tertiary/aromatic N) is 2. The number of hydrogen-bond donors (Lipinski definition) is 1. The van der Waals surface area contributed by atoms with Crippen LogP contribution in [-0.4, -0.2) is 41.9 Å². The molecule has 1 heterocycles. The number of benzene rings is 3. The number of carbonyl (C=O) groups excluding carboxylic acids is 3. The normalized spacial score (nSPS) is 15.3. The maximum Gasteiger partial charge on any atom is 0.332 e. The molecule has 192 valence electrons. The van der Waals surface area contributed by atoms with Gasteiger partial charge in [0.2, 0.25) is 5.91 Å². The van der Waals surface area contributed by atoms with Crippen LogP contribution in [-0.2, 0) is 16.0 Å². The number of hydrogen-bond acceptors (Lipinski definition) is 4. The Labute approximate surface area is 225 Å². The maximum absolute atomic E-state index is 13.5. The zero-order valence-electron chi connectivity index (χ0n) is 20.3. The average Bonchev–Trinajstić information content (AvgIpc) is 3.13. The topological polar surface area (TPSA) is 79.0 Å². The van der Waals surface area contributed by atoms with E-state index in [0.29, 0.717) is 35.2 Å². The van der Waals surface area contributed by atoms with Gasteiger partial charge in [-0.25, -0.2) is 9.69 Å². The molecule has 4 rings (SSSR count). The molecule has 0 saturated carbocycles. The number of anilines is 2. The molecule has 0 spiro atoms. The third-order valence-electron chi connectivity index (χ3n) is 5.95. The van der Waals surface area contributed by atoms with Crippen molar-refractivity contribution in [1.29, 1.82) is 0 Å². The first-order chi connectivity index (χ1) is 17.9. The fourth-order valence-electron chi connectivity index (χ4n) is 4.09. The van der Waals surface area contributed by atoms with Crippen molar-refractivity contribution in [3.8, 4) is 5.75 Å². The van der Waals surface area contributed by atoms with Crippen LogP contribution in [0.4, 0.5) is 16.2 Å². The van der Waals surface area contributed by atoms with E-state index >= 15 is 0 Å². The third-order valence-corrected chi connectivity index (χ3v) is 6.69. The SMILES string of the molecule is CCCOc1ccc(NC(=O)C[C@H]2C(=O)N(c3ccc(Cl)c(Cl)c3)C(=O)N2CCc2ccccc2)cc1. The van der Waals surface area contributed by atoms with E-state index in [9.17, 15) is 14.4 Å². The molecule has 3 aromatic carbocycles. The van der Waals surface area contributed by atoms with Gasteiger partial charge in [-0.05, 0) is 60.9 Å². The molecule has 1 aliphatic heterocycles. The molecule has 1 saturated heterocycles. The van der Waals surface area contributed by atoms with Crippen LogP contribution in [0, 0.1) is 0 Å². The summed E-state index contributed by atoms with van der Waals surface area (Å²) < 4.78 is 5.57. The fourth-order valence-corrected chi connectivity index (χ4v) is 4.38. The number of nitrogens with one attached hydrogen (secondary N) is 1. The van der Waals surface area contributed by atoms with Gasteiger partial charge in [0.05, 0.1) is 28.8 Å². The van der Waals surface area contributed by atoms with Crippen molar-refractivity contribution in [2.24, 2.45) is 0 Å². The van der Waals surface area contributed by atoms with Crippen LogP contribution in [0.25, 0.3) is 0 Å². The summed E-state index contributed by atoms with van der Waals surface area (Å²) in [4.78, 5) is 42.3. The van der Waals surface area contributed by atoms with Crippen LogP contribution in [0.15, 0.2) is 72.8 Å². The van der Waals surface area contributed by atoms with Crippen LogP contribution in [0.5, 0.6) is 5.75 Å². The number of carbonyl (C=O) groups is 3. The summed E-state index contributed by atoms with van der Waals surface area (Å²) in [7, 11) is 0. The largest absolute Gasteiger partial charge is 0.494 e. The maximum atomic E-state index is 13.5. The number of imide groups is 1. The summed E-state index contributed by atoms with van der Waals surface area (Å²) in [6.45, 7) is 2.90. The molecule has 4 amide bonds. The lowest BCUT2D eigenvalue weighted by atomic mass is 10.1. The average molecular weight is 540 g/mol. The molecular formula is C28H27Cl2N3O4. The highest BCUT2D eigenvalue weighted by Gasteiger charge is 2.46. The fraction of sp³-hybridized carbons (Fsp3) is 0.250. The van der Waals surface area contributed by atoms with E-state index in [1.165, 1.54) is 17.0 Å². The Morgan fingerprint density at radius 2 is 1.70 bits per heavy atom. The van der Waals surface area contributed by atoms with E-state index in [0.717, 1.165) is 16.9 Å². The smallest absolute Gasteiger partial charge is 0.332 e. The second-order valence-electron chi connectivity index (χ2n) is 8.62. The zero-order valence-corrected chi connectivity index (χ0v) is 21.8. The molecule has 0 bridgehead atoms. The molecule has 1 atom stereocenters. The minimum Gasteiger partial charge on any atom is -0.494 e. The molecule has 9 heteroatoms. The van der Waals surface area contributed by atoms with Gasteiger partial charge in [-0.2, -0.15) is 0 Å². The van der Waals surface area contributed by atoms with E-state index in [2.05, 4.69) is 5.32 Å². The summed E-state index contributed by atoms with van der Waals surface area (Å²) in [5.74, 6) is -0.162. The van der Waals surface area contributed by atoms with E-state index < -0.39 is 18.0 Å². The molecule has 3 aromatic rings. The Bertz CT molecular complexity index is 1270. The van der Waals surface area contributed by atoms with Crippen molar-refractivity contribution in [3.05, 3.63) is 88.4 Å². The van der Waals surface area contributed by atoms with Gasteiger partial charge < -0.3 is 15.0 Å². The molecule has 0 radical (unpaired) electrons. The van der Waals surface area contributed by atoms with Crippen molar-refractivity contribution in [2.75, 3.05) is 23.4 Å². The number of halogens is 2. The molecular weight excluding hydrogens is 513 g/mol. The predicted octanol–water partition coefficient (Wildman–Crippen LogP) is 6.19. The summed E-state index contributed by atoms with van der Waals surface area (Å²) in [5.41, 5.74) is 1.90. The first-order valence-corrected chi connectivity index (χ1v) is 12.8. The summed E-state index contributed by atoms with van der Waals surface area (Å²) in [6.07, 6.45) is 1.24. The van der Waals surface area contributed by atoms with E-state index in [1.807, 2.05) is 37.3 Å². The molecule has 7 nitrogen and oxygen atoms in total. The number of ether oxygens (including phenoxy) is 1. The van der Waals surface area contributed by atoms with E-state index in [1.54, 1.807) is 30.3 Å². The van der Waals surface area contributed by atoms with Crippen LogP contribution in [0.1, 0.15) is 25.3 Å². The molecule has 0 aromatic heterocycles. The first kappa shape index (κ1) is 26.5. The minimum atomic E-state index is -0.960. The van der Waals surface area contributed by atoms with Crippen molar-refractivity contribution in [1.82, 2.24) is 4.90 Å². The highest BCUT2D eigenvalue weighted by Crippen LogP contribution is 2.32. The van der Waals surface area contributed by atoms with Crippen LogP contribution < -0.4 is 15.0 Å². The number of amides is 4. The third kappa shape index (κ3) is 6.42. The Morgan fingerprint density at radius 1 is 0.973 bits per heavy atom. The van der Waals surface area contributed by atoms with Gasteiger partial charge in [0.15, 0.2) is 0 Å². The minimum absolute atomic E-state index is 0.189. The molecule has 0 aliphatic carbocycles. The Kier molecular flexibility index (Phi) is 8.69. The van der Waals surface area contributed by atoms with Gasteiger partial charge in [0, 0.05) is 12.2 Å². The molecule has 0 unspecified atom stereocenters. The molecule has 37 heavy (non-hydrogen) atoms. The van der Waals surface area contributed by atoms with Gasteiger partial charge >= 0.3 is 6.03 Å².